The van der Waals surface area contributed by atoms with Crippen molar-refractivity contribution in [2.45, 2.75) is 19.6 Å². The topological polar surface area (TPSA) is 87.0 Å². The van der Waals surface area contributed by atoms with Gasteiger partial charge in [0.1, 0.15) is 18.3 Å². The molecule has 0 aliphatic heterocycles. The van der Waals surface area contributed by atoms with Crippen LogP contribution in [0.5, 0.6) is 0 Å². The maximum absolute atomic E-state index is 12.8. The molecular weight excluding hydrogens is 332 g/mol. The van der Waals surface area contributed by atoms with Gasteiger partial charge in [-0.25, -0.2) is 9.67 Å². The molecule has 2 heterocycles. The summed E-state index contributed by atoms with van der Waals surface area (Å²) in [5, 5.41) is 4.07. The van der Waals surface area contributed by atoms with Crippen LogP contribution in [0.4, 0.5) is 0 Å². The number of hydrogen-bond donors (Lipinski definition) is 0. The SMILES string of the molecule is COC(c1ccccc1C(=O)CC(=O)c1cc(C)ccn1)n1cncn1. The molecular formula is C19H18N4O3. The van der Waals surface area contributed by atoms with E-state index in [2.05, 4.69) is 15.1 Å². The van der Waals surface area contributed by atoms with Crippen LogP contribution in [-0.2, 0) is 4.74 Å². The fraction of sp³-hybridized carbons (Fsp3) is 0.211. The second kappa shape index (κ2) is 7.79. The number of hydrogen-bond acceptors (Lipinski definition) is 6. The molecule has 7 nitrogen and oxygen atoms in total. The number of aryl methyl sites for hydroxylation is 1. The largest absolute Gasteiger partial charge is 0.355 e. The molecule has 0 aliphatic carbocycles. The van der Waals surface area contributed by atoms with Gasteiger partial charge in [0.05, 0.1) is 6.42 Å². The Balaban J connectivity index is 1.87. The lowest BCUT2D eigenvalue weighted by atomic mass is 9.98. The zero-order valence-electron chi connectivity index (χ0n) is 14.5. The van der Waals surface area contributed by atoms with E-state index in [-0.39, 0.29) is 23.7 Å². The summed E-state index contributed by atoms with van der Waals surface area (Å²) in [6.45, 7) is 1.87. The summed E-state index contributed by atoms with van der Waals surface area (Å²) < 4.78 is 7.00. The minimum absolute atomic E-state index is 0.263. The second-order valence-electron chi connectivity index (χ2n) is 5.79. The van der Waals surface area contributed by atoms with E-state index in [1.54, 1.807) is 42.6 Å². The van der Waals surface area contributed by atoms with Crippen molar-refractivity contribution in [3.8, 4) is 0 Å². The van der Waals surface area contributed by atoms with Crippen LogP contribution in [0.2, 0.25) is 0 Å². The first-order valence-corrected chi connectivity index (χ1v) is 8.05. The Morgan fingerprint density at radius 2 is 2.00 bits per heavy atom. The molecule has 0 aliphatic rings. The van der Waals surface area contributed by atoms with Crippen LogP contribution in [0.3, 0.4) is 0 Å². The van der Waals surface area contributed by atoms with Crippen LogP contribution in [0.25, 0.3) is 0 Å². The van der Waals surface area contributed by atoms with Gasteiger partial charge in [-0.05, 0) is 24.6 Å². The summed E-state index contributed by atoms with van der Waals surface area (Å²) in [7, 11) is 1.52. The van der Waals surface area contributed by atoms with Crippen molar-refractivity contribution in [2.24, 2.45) is 0 Å². The van der Waals surface area contributed by atoms with Crippen molar-refractivity contribution in [3.63, 3.8) is 0 Å². The van der Waals surface area contributed by atoms with E-state index < -0.39 is 6.23 Å². The van der Waals surface area contributed by atoms with E-state index in [1.807, 2.05) is 6.92 Å². The molecule has 132 valence electrons. The number of carbonyl (C=O) groups excluding carboxylic acids is 2. The Bertz CT molecular complexity index is 922. The molecule has 0 amide bonds. The number of ether oxygens (including phenoxy) is 1. The van der Waals surface area contributed by atoms with Gasteiger partial charge < -0.3 is 4.74 Å². The van der Waals surface area contributed by atoms with Crippen LogP contribution < -0.4 is 0 Å². The molecule has 1 aromatic carbocycles. The molecule has 3 aromatic rings. The minimum Gasteiger partial charge on any atom is -0.355 e. The van der Waals surface area contributed by atoms with Crippen molar-refractivity contribution >= 4 is 11.6 Å². The fourth-order valence-electron chi connectivity index (χ4n) is 2.70. The Kier molecular flexibility index (Phi) is 5.28. The van der Waals surface area contributed by atoms with Gasteiger partial charge in [-0.1, -0.05) is 24.3 Å². The third kappa shape index (κ3) is 3.73. The molecule has 1 unspecified atom stereocenters. The molecule has 0 spiro atoms. The summed E-state index contributed by atoms with van der Waals surface area (Å²) >= 11 is 0. The zero-order valence-corrected chi connectivity index (χ0v) is 14.5. The van der Waals surface area contributed by atoms with Gasteiger partial charge in [0.15, 0.2) is 17.8 Å². The molecule has 0 saturated heterocycles. The molecule has 0 saturated carbocycles. The summed E-state index contributed by atoms with van der Waals surface area (Å²) in [4.78, 5) is 33.2. The number of benzene rings is 1. The molecule has 1 atom stereocenters. The molecule has 0 radical (unpaired) electrons. The first-order chi connectivity index (χ1) is 12.6. The monoisotopic (exact) mass is 350 g/mol. The van der Waals surface area contributed by atoms with Crippen molar-refractivity contribution < 1.29 is 14.3 Å². The molecule has 26 heavy (non-hydrogen) atoms. The number of ketones is 2. The zero-order chi connectivity index (χ0) is 18.5. The molecule has 0 bridgehead atoms. The van der Waals surface area contributed by atoms with Crippen LogP contribution in [0, 0.1) is 6.92 Å². The van der Waals surface area contributed by atoms with Gasteiger partial charge in [-0.15, -0.1) is 0 Å². The number of rotatable bonds is 7. The van der Waals surface area contributed by atoms with Crippen molar-refractivity contribution in [2.75, 3.05) is 7.11 Å². The maximum Gasteiger partial charge on any atom is 0.188 e. The highest BCUT2D eigenvalue weighted by Gasteiger charge is 2.23. The molecule has 0 N–H and O–H groups in total. The van der Waals surface area contributed by atoms with Crippen molar-refractivity contribution in [3.05, 3.63) is 77.6 Å². The number of pyridine rings is 1. The summed E-state index contributed by atoms with van der Waals surface area (Å²) in [5.74, 6) is -0.612. The van der Waals surface area contributed by atoms with Gasteiger partial charge in [0.2, 0.25) is 0 Å². The lowest BCUT2D eigenvalue weighted by Gasteiger charge is -2.18. The number of carbonyl (C=O) groups is 2. The van der Waals surface area contributed by atoms with E-state index in [4.69, 9.17) is 4.74 Å². The van der Waals surface area contributed by atoms with Crippen LogP contribution in [0.1, 0.15) is 44.6 Å². The van der Waals surface area contributed by atoms with Gasteiger partial charge >= 0.3 is 0 Å². The number of Topliss-reactive ketones (excluding diaryl/α,β-unsaturated/α-hetero) is 2. The van der Waals surface area contributed by atoms with Crippen LogP contribution in [0.15, 0.2) is 55.2 Å². The average Bonchev–Trinajstić information content (AvgIpc) is 3.17. The minimum atomic E-state index is -0.607. The first-order valence-electron chi connectivity index (χ1n) is 8.05. The third-order valence-electron chi connectivity index (χ3n) is 3.95. The van der Waals surface area contributed by atoms with Crippen LogP contribution >= 0.6 is 0 Å². The number of aromatic nitrogens is 4. The Labute approximate surface area is 150 Å². The molecule has 7 heteroatoms. The highest BCUT2D eigenvalue weighted by molar-refractivity contribution is 6.13. The maximum atomic E-state index is 12.8. The molecule has 0 fully saturated rings. The highest BCUT2D eigenvalue weighted by atomic mass is 16.5. The van der Waals surface area contributed by atoms with Crippen LogP contribution in [-0.4, -0.2) is 38.4 Å². The summed E-state index contributed by atoms with van der Waals surface area (Å²) in [6, 6.07) is 10.5. The van der Waals surface area contributed by atoms with E-state index in [0.717, 1.165) is 5.56 Å². The smallest absolute Gasteiger partial charge is 0.188 e. The average molecular weight is 350 g/mol. The fourth-order valence-corrected chi connectivity index (χ4v) is 2.70. The van der Waals surface area contributed by atoms with Crippen molar-refractivity contribution in [1.29, 1.82) is 0 Å². The normalized spacial score (nSPS) is 11.9. The number of nitrogens with zero attached hydrogens (tertiary/aromatic N) is 4. The molecule has 2 aromatic heterocycles. The predicted molar refractivity (Wildman–Crippen MR) is 93.9 cm³/mol. The lowest BCUT2D eigenvalue weighted by molar-refractivity contribution is 0.0660. The Morgan fingerprint density at radius 3 is 2.69 bits per heavy atom. The van der Waals surface area contributed by atoms with Gasteiger partial charge in [-0.3, -0.25) is 14.6 Å². The summed E-state index contributed by atoms with van der Waals surface area (Å²) in [5.41, 5.74) is 2.24. The van der Waals surface area contributed by atoms with E-state index >= 15 is 0 Å². The summed E-state index contributed by atoms with van der Waals surface area (Å²) in [6.07, 6.45) is 3.60. The second-order valence-corrected chi connectivity index (χ2v) is 5.79. The Hall–Kier alpha value is -3.19. The standard InChI is InChI=1S/C19H18N4O3/c1-13-7-8-21-16(9-13)18(25)10-17(24)14-5-3-4-6-15(14)19(26-2)23-12-20-11-22-23/h3-9,11-12,19H,10H2,1-2H3. The van der Waals surface area contributed by atoms with Gasteiger partial charge in [0.25, 0.3) is 0 Å². The molecule has 3 rings (SSSR count). The van der Waals surface area contributed by atoms with Gasteiger partial charge in [-0.2, -0.15) is 5.10 Å². The van der Waals surface area contributed by atoms with Crippen molar-refractivity contribution in [1.82, 2.24) is 19.7 Å². The predicted octanol–water partition coefficient (Wildman–Crippen LogP) is 2.63. The van der Waals surface area contributed by atoms with Gasteiger partial charge in [0, 0.05) is 24.4 Å². The number of methoxy groups -OCH3 is 1. The first kappa shape index (κ1) is 17.6. The lowest BCUT2D eigenvalue weighted by Crippen LogP contribution is -2.18. The van der Waals surface area contributed by atoms with E-state index in [0.29, 0.717) is 11.1 Å². The van der Waals surface area contributed by atoms with E-state index in [9.17, 15) is 9.59 Å². The third-order valence-corrected chi connectivity index (χ3v) is 3.95. The quantitative estimate of drug-likeness (QED) is 0.481. The Morgan fingerprint density at radius 1 is 1.19 bits per heavy atom. The van der Waals surface area contributed by atoms with E-state index in [1.165, 1.54) is 24.4 Å². The highest BCUT2D eigenvalue weighted by Crippen LogP contribution is 2.23.